The van der Waals surface area contributed by atoms with E-state index in [1.807, 2.05) is 42.3 Å². The Labute approximate surface area is 125 Å². The van der Waals surface area contributed by atoms with E-state index < -0.39 is 0 Å². The molecule has 116 valence electrons. The van der Waals surface area contributed by atoms with Crippen molar-refractivity contribution in [3.8, 4) is 0 Å². The summed E-state index contributed by atoms with van der Waals surface area (Å²) >= 11 is 0. The summed E-state index contributed by atoms with van der Waals surface area (Å²) in [6.07, 6.45) is 0.625. The molecule has 0 bridgehead atoms. The topological polar surface area (TPSA) is 61.8 Å². The minimum atomic E-state index is -0.261. The van der Waals surface area contributed by atoms with Crippen molar-refractivity contribution in [1.29, 1.82) is 0 Å². The third-order valence-corrected chi connectivity index (χ3v) is 3.83. The van der Waals surface area contributed by atoms with Crippen molar-refractivity contribution in [3.05, 3.63) is 35.9 Å². The molecule has 0 saturated carbocycles. The van der Waals surface area contributed by atoms with Crippen LogP contribution < -0.4 is 5.32 Å². The SMILES string of the molecule is CN(CC[C@H]1CNC[C@@H]1O)CC(=O)OCc1ccccc1. The first-order valence-corrected chi connectivity index (χ1v) is 7.42. The zero-order chi connectivity index (χ0) is 15.1. The van der Waals surface area contributed by atoms with Crippen LogP contribution in [0.25, 0.3) is 0 Å². The monoisotopic (exact) mass is 292 g/mol. The number of carbonyl (C=O) groups is 1. The molecule has 1 aliphatic heterocycles. The number of aliphatic hydroxyl groups is 1. The number of nitrogens with zero attached hydrogens (tertiary/aromatic N) is 1. The first-order valence-electron chi connectivity index (χ1n) is 7.42. The molecule has 1 heterocycles. The van der Waals surface area contributed by atoms with Crippen LogP contribution in [0.4, 0.5) is 0 Å². The van der Waals surface area contributed by atoms with E-state index in [1.165, 1.54) is 0 Å². The summed E-state index contributed by atoms with van der Waals surface area (Å²) in [6.45, 7) is 2.91. The van der Waals surface area contributed by atoms with Crippen molar-refractivity contribution in [1.82, 2.24) is 10.2 Å². The van der Waals surface area contributed by atoms with E-state index >= 15 is 0 Å². The number of carbonyl (C=O) groups excluding carboxylic acids is 1. The van der Waals surface area contributed by atoms with E-state index in [2.05, 4.69) is 5.32 Å². The lowest BCUT2D eigenvalue weighted by molar-refractivity contribution is -0.146. The molecule has 2 N–H and O–H groups in total. The number of aliphatic hydroxyl groups excluding tert-OH is 1. The molecule has 0 aliphatic carbocycles. The van der Waals surface area contributed by atoms with Crippen molar-refractivity contribution in [2.45, 2.75) is 19.1 Å². The van der Waals surface area contributed by atoms with Gasteiger partial charge in [-0.05, 0) is 31.5 Å². The van der Waals surface area contributed by atoms with Crippen LogP contribution in [-0.4, -0.2) is 55.3 Å². The highest BCUT2D eigenvalue weighted by molar-refractivity contribution is 5.71. The van der Waals surface area contributed by atoms with Crippen LogP contribution in [0, 0.1) is 5.92 Å². The maximum Gasteiger partial charge on any atom is 0.320 e. The van der Waals surface area contributed by atoms with E-state index in [0.29, 0.717) is 13.2 Å². The van der Waals surface area contributed by atoms with Gasteiger partial charge >= 0.3 is 5.97 Å². The van der Waals surface area contributed by atoms with Crippen molar-refractivity contribution >= 4 is 5.97 Å². The largest absolute Gasteiger partial charge is 0.460 e. The predicted octanol–water partition coefficient (Wildman–Crippen LogP) is 0.632. The van der Waals surface area contributed by atoms with Gasteiger partial charge in [-0.1, -0.05) is 30.3 Å². The second kappa shape index (κ2) is 8.12. The Kier molecular flexibility index (Phi) is 6.17. The second-order valence-electron chi connectivity index (χ2n) is 5.66. The minimum absolute atomic E-state index is 0.216. The van der Waals surface area contributed by atoms with Crippen LogP contribution in [0.15, 0.2) is 30.3 Å². The zero-order valence-corrected chi connectivity index (χ0v) is 12.5. The Bertz CT molecular complexity index is 438. The highest BCUT2D eigenvalue weighted by atomic mass is 16.5. The van der Waals surface area contributed by atoms with E-state index in [0.717, 1.165) is 25.1 Å². The molecule has 0 amide bonds. The molecular formula is C16H24N2O3. The van der Waals surface area contributed by atoms with Gasteiger partial charge in [-0.15, -0.1) is 0 Å². The average molecular weight is 292 g/mol. The van der Waals surface area contributed by atoms with Crippen molar-refractivity contribution < 1.29 is 14.6 Å². The fourth-order valence-electron chi connectivity index (χ4n) is 2.48. The number of esters is 1. The van der Waals surface area contributed by atoms with Crippen LogP contribution in [0.3, 0.4) is 0 Å². The first-order chi connectivity index (χ1) is 10.1. The van der Waals surface area contributed by atoms with Gasteiger partial charge in [0.1, 0.15) is 6.61 Å². The lowest BCUT2D eigenvalue weighted by Gasteiger charge is -2.19. The summed E-state index contributed by atoms with van der Waals surface area (Å²) in [5, 5.41) is 12.9. The fourth-order valence-corrected chi connectivity index (χ4v) is 2.48. The number of hydrogen-bond acceptors (Lipinski definition) is 5. The Morgan fingerprint density at radius 1 is 1.38 bits per heavy atom. The van der Waals surface area contributed by atoms with Gasteiger partial charge in [0, 0.05) is 13.1 Å². The van der Waals surface area contributed by atoms with E-state index in [9.17, 15) is 9.90 Å². The maximum absolute atomic E-state index is 11.8. The lowest BCUT2D eigenvalue weighted by atomic mass is 10.0. The van der Waals surface area contributed by atoms with Crippen molar-refractivity contribution in [2.24, 2.45) is 5.92 Å². The van der Waals surface area contributed by atoms with E-state index in [4.69, 9.17) is 4.74 Å². The molecule has 2 atom stereocenters. The summed E-state index contributed by atoms with van der Waals surface area (Å²) in [7, 11) is 1.90. The molecule has 0 spiro atoms. The molecule has 5 nitrogen and oxygen atoms in total. The van der Waals surface area contributed by atoms with E-state index in [1.54, 1.807) is 0 Å². The van der Waals surface area contributed by atoms with Crippen LogP contribution in [-0.2, 0) is 16.1 Å². The van der Waals surface area contributed by atoms with Gasteiger partial charge in [0.25, 0.3) is 0 Å². The normalized spacial score (nSPS) is 21.7. The molecule has 21 heavy (non-hydrogen) atoms. The molecule has 0 radical (unpaired) electrons. The van der Waals surface area contributed by atoms with Gasteiger partial charge in [0.05, 0.1) is 12.6 Å². The average Bonchev–Trinajstić information content (AvgIpc) is 2.89. The Hall–Kier alpha value is -1.43. The fraction of sp³-hybridized carbons (Fsp3) is 0.562. The van der Waals surface area contributed by atoms with Crippen molar-refractivity contribution in [3.63, 3.8) is 0 Å². The number of nitrogens with one attached hydrogen (secondary N) is 1. The molecule has 5 heteroatoms. The summed E-state index contributed by atoms with van der Waals surface area (Å²) in [5.74, 6) is 0.0687. The quantitative estimate of drug-likeness (QED) is 0.722. The van der Waals surface area contributed by atoms with Gasteiger partial charge in [-0.3, -0.25) is 9.69 Å². The second-order valence-corrected chi connectivity index (χ2v) is 5.66. The van der Waals surface area contributed by atoms with Crippen LogP contribution >= 0.6 is 0 Å². The molecule has 1 saturated heterocycles. The van der Waals surface area contributed by atoms with Gasteiger partial charge in [0.2, 0.25) is 0 Å². The highest BCUT2D eigenvalue weighted by Crippen LogP contribution is 2.13. The highest BCUT2D eigenvalue weighted by Gasteiger charge is 2.24. The van der Waals surface area contributed by atoms with Gasteiger partial charge in [-0.25, -0.2) is 0 Å². The third kappa shape index (κ3) is 5.46. The zero-order valence-electron chi connectivity index (χ0n) is 12.5. The van der Waals surface area contributed by atoms with Crippen LogP contribution in [0.1, 0.15) is 12.0 Å². The molecular weight excluding hydrogens is 268 g/mol. The van der Waals surface area contributed by atoms with Gasteiger partial charge in [0.15, 0.2) is 0 Å². The number of likely N-dealkylation sites (N-methyl/N-ethyl adjacent to an activating group) is 1. The summed E-state index contributed by atoms with van der Waals surface area (Å²) in [4.78, 5) is 13.7. The molecule has 1 aromatic carbocycles. The van der Waals surface area contributed by atoms with Crippen molar-refractivity contribution in [2.75, 3.05) is 33.2 Å². The Morgan fingerprint density at radius 2 is 2.14 bits per heavy atom. The summed E-state index contributed by atoms with van der Waals surface area (Å²) < 4.78 is 5.25. The molecule has 2 rings (SSSR count). The summed E-state index contributed by atoms with van der Waals surface area (Å²) in [6, 6.07) is 9.66. The predicted molar refractivity (Wildman–Crippen MR) is 80.7 cm³/mol. The number of benzene rings is 1. The molecule has 1 fully saturated rings. The molecule has 0 aromatic heterocycles. The smallest absolute Gasteiger partial charge is 0.320 e. The number of ether oxygens (including phenoxy) is 1. The maximum atomic E-state index is 11.8. The lowest BCUT2D eigenvalue weighted by Crippen LogP contribution is -2.31. The number of hydrogen-bond donors (Lipinski definition) is 2. The van der Waals surface area contributed by atoms with Crippen LogP contribution in [0.5, 0.6) is 0 Å². The Morgan fingerprint density at radius 3 is 2.81 bits per heavy atom. The third-order valence-electron chi connectivity index (χ3n) is 3.83. The van der Waals surface area contributed by atoms with Gasteiger partial charge < -0.3 is 15.2 Å². The molecule has 1 aromatic rings. The van der Waals surface area contributed by atoms with Crippen LogP contribution in [0.2, 0.25) is 0 Å². The minimum Gasteiger partial charge on any atom is -0.460 e. The standard InChI is InChI=1S/C16H24N2O3/c1-18(8-7-14-9-17-10-15(14)19)11-16(20)21-12-13-5-3-2-4-6-13/h2-6,14-15,17,19H,7-12H2,1H3/t14-,15-/m0/s1. The first kappa shape index (κ1) is 15.9. The van der Waals surface area contributed by atoms with Gasteiger partial charge in [-0.2, -0.15) is 0 Å². The van der Waals surface area contributed by atoms with E-state index in [-0.39, 0.29) is 24.5 Å². The number of rotatable bonds is 7. The molecule has 1 aliphatic rings. The summed E-state index contributed by atoms with van der Waals surface area (Å²) in [5.41, 5.74) is 0.994. The molecule has 0 unspecified atom stereocenters. The Balaban J connectivity index is 1.62. The number of β-amino-alcohol motifs (C(OH)–C–C–N with tert-alkyl or cyclic N) is 1.